The quantitative estimate of drug-likeness (QED) is 0.481. The summed E-state index contributed by atoms with van der Waals surface area (Å²) in [5, 5.41) is 5.63. The number of hydrogen-bond donors (Lipinski definition) is 3. The molecule has 2 aliphatic heterocycles. The van der Waals surface area contributed by atoms with Crippen LogP contribution in [0, 0.1) is 0 Å². The first kappa shape index (κ1) is 19.8. The van der Waals surface area contributed by atoms with Crippen molar-refractivity contribution in [3.8, 4) is 0 Å². The van der Waals surface area contributed by atoms with Crippen molar-refractivity contribution in [1.82, 2.24) is 10.2 Å². The Morgan fingerprint density at radius 3 is 2.44 bits per heavy atom. The van der Waals surface area contributed by atoms with Crippen molar-refractivity contribution in [2.45, 2.75) is 56.9 Å². The van der Waals surface area contributed by atoms with Crippen LogP contribution in [0.3, 0.4) is 0 Å². The van der Waals surface area contributed by atoms with E-state index >= 15 is 0 Å². The molecule has 1 aromatic carbocycles. The molecule has 2 amide bonds. The number of piperidine rings is 2. The van der Waals surface area contributed by atoms with Crippen molar-refractivity contribution in [1.29, 1.82) is 0 Å². The molecule has 2 fully saturated rings. The lowest BCUT2D eigenvalue weighted by atomic mass is 9.89. The van der Waals surface area contributed by atoms with Gasteiger partial charge >= 0.3 is 0 Å². The summed E-state index contributed by atoms with van der Waals surface area (Å²) in [5.41, 5.74) is 7.87. The van der Waals surface area contributed by atoms with Crippen LogP contribution in [-0.2, 0) is 9.59 Å². The van der Waals surface area contributed by atoms with Crippen molar-refractivity contribution in [3.05, 3.63) is 29.8 Å². The van der Waals surface area contributed by atoms with Crippen LogP contribution in [0.5, 0.6) is 0 Å². The number of benzene rings is 1. The van der Waals surface area contributed by atoms with E-state index in [0.29, 0.717) is 18.8 Å². The lowest BCUT2D eigenvalue weighted by Crippen LogP contribution is -2.47. The SMILES string of the molecule is NCCCCCN1CCC(c2ccc(NC3CCC(=O)NC3=O)cc2)CC1. The molecule has 0 aromatic heterocycles. The van der Waals surface area contributed by atoms with E-state index in [1.807, 2.05) is 0 Å². The Kier molecular flexibility index (Phi) is 7.24. The number of nitrogens with two attached hydrogens (primary N) is 1. The van der Waals surface area contributed by atoms with Crippen LogP contribution in [0.25, 0.3) is 0 Å². The predicted molar refractivity (Wildman–Crippen MR) is 108 cm³/mol. The van der Waals surface area contributed by atoms with Crippen LogP contribution in [0.4, 0.5) is 5.69 Å². The Morgan fingerprint density at radius 2 is 1.78 bits per heavy atom. The number of unbranched alkanes of at least 4 members (excludes halogenated alkanes) is 2. The molecule has 27 heavy (non-hydrogen) atoms. The number of rotatable bonds is 8. The minimum Gasteiger partial charge on any atom is -0.374 e. The van der Waals surface area contributed by atoms with Crippen LogP contribution < -0.4 is 16.4 Å². The molecule has 1 aromatic rings. The van der Waals surface area contributed by atoms with Crippen molar-refractivity contribution < 1.29 is 9.59 Å². The second-order valence-electron chi connectivity index (χ2n) is 7.74. The molecule has 2 saturated heterocycles. The Bertz CT molecular complexity index is 624. The van der Waals surface area contributed by atoms with Gasteiger partial charge in [0, 0.05) is 12.1 Å². The number of amides is 2. The van der Waals surface area contributed by atoms with Gasteiger partial charge < -0.3 is 16.0 Å². The van der Waals surface area contributed by atoms with E-state index in [9.17, 15) is 9.59 Å². The third kappa shape index (κ3) is 5.78. The van der Waals surface area contributed by atoms with E-state index in [2.05, 4.69) is 39.8 Å². The van der Waals surface area contributed by atoms with E-state index in [1.54, 1.807) is 0 Å². The van der Waals surface area contributed by atoms with Crippen LogP contribution in [-0.4, -0.2) is 48.9 Å². The average molecular weight is 373 g/mol. The van der Waals surface area contributed by atoms with Gasteiger partial charge in [-0.25, -0.2) is 0 Å². The summed E-state index contributed by atoms with van der Waals surface area (Å²) in [6, 6.07) is 8.14. The molecule has 2 aliphatic rings. The molecular formula is C21H32N4O2. The van der Waals surface area contributed by atoms with Gasteiger partial charge in [-0.1, -0.05) is 18.6 Å². The van der Waals surface area contributed by atoms with Crippen LogP contribution in [0.1, 0.15) is 56.4 Å². The third-order valence-electron chi connectivity index (χ3n) is 5.73. The van der Waals surface area contributed by atoms with Gasteiger partial charge in [0.15, 0.2) is 0 Å². The molecule has 1 unspecified atom stereocenters. The number of hydrogen-bond acceptors (Lipinski definition) is 5. The molecular weight excluding hydrogens is 340 g/mol. The molecule has 148 valence electrons. The zero-order chi connectivity index (χ0) is 19.1. The van der Waals surface area contributed by atoms with E-state index in [1.165, 1.54) is 50.9 Å². The van der Waals surface area contributed by atoms with Gasteiger partial charge in [0.25, 0.3) is 0 Å². The molecule has 6 nitrogen and oxygen atoms in total. The summed E-state index contributed by atoms with van der Waals surface area (Å²) in [6.07, 6.45) is 6.98. The van der Waals surface area contributed by atoms with Crippen molar-refractivity contribution in [2.75, 3.05) is 31.5 Å². The van der Waals surface area contributed by atoms with Gasteiger partial charge in [-0.05, 0) is 81.9 Å². The Morgan fingerprint density at radius 1 is 1.04 bits per heavy atom. The largest absolute Gasteiger partial charge is 0.374 e. The fraction of sp³-hybridized carbons (Fsp3) is 0.619. The van der Waals surface area contributed by atoms with Gasteiger partial charge in [-0.2, -0.15) is 0 Å². The maximum Gasteiger partial charge on any atom is 0.249 e. The zero-order valence-electron chi connectivity index (χ0n) is 16.1. The fourth-order valence-electron chi connectivity index (χ4n) is 4.03. The van der Waals surface area contributed by atoms with Gasteiger partial charge in [-0.15, -0.1) is 0 Å². The highest BCUT2D eigenvalue weighted by molar-refractivity contribution is 6.01. The van der Waals surface area contributed by atoms with Crippen LogP contribution in [0.15, 0.2) is 24.3 Å². The Hall–Kier alpha value is -1.92. The number of nitrogens with zero attached hydrogens (tertiary/aromatic N) is 1. The number of imide groups is 1. The number of carbonyl (C=O) groups excluding carboxylic acids is 2. The third-order valence-corrected chi connectivity index (χ3v) is 5.73. The molecule has 2 heterocycles. The first-order valence-corrected chi connectivity index (χ1v) is 10.3. The second-order valence-corrected chi connectivity index (χ2v) is 7.74. The summed E-state index contributed by atoms with van der Waals surface area (Å²) >= 11 is 0. The van der Waals surface area contributed by atoms with Crippen molar-refractivity contribution in [3.63, 3.8) is 0 Å². The van der Waals surface area contributed by atoms with Gasteiger partial charge in [0.1, 0.15) is 6.04 Å². The number of carbonyl (C=O) groups is 2. The Labute approximate surface area is 161 Å². The van der Waals surface area contributed by atoms with E-state index in [0.717, 1.165) is 18.7 Å². The maximum absolute atomic E-state index is 11.9. The standard InChI is InChI=1S/C21H32N4O2/c22-12-2-1-3-13-25-14-10-17(11-15-25)16-4-6-18(7-5-16)23-19-8-9-20(26)24-21(19)27/h4-7,17,19,23H,1-3,8-15,22H2,(H,24,26,27). The fourth-order valence-corrected chi connectivity index (χ4v) is 4.03. The average Bonchev–Trinajstić information content (AvgIpc) is 2.69. The molecule has 6 heteroatoms. The molecule has 0 bridgehead atoms. The molecule has 3 rings (SSSR count). The van der Waals surface area contributed by atoms with Crippen molar-refractivity contribution >= 4 is 17.5 Å². The summed E-state index contributed by atoms with van der Waals surface area (Å²) in [5.74, 6) is 0.211. The second kappa shape index (κ2) is 9.85. The Balaban J connectivity index is 1.44. The number of likely N-dealkylation sites (tertiary alicyclic amines) is 1. The molecule has 0 saturated carbocycles. The highest BCUT2D eigenvalue weighted by atomic mass is 16.2. The van der Waals surface area contributed by atoms with E-state index < -0.39 is 0 Å². The highest BCUT2D eigenvalue weighted by Gasteiger charge is 2.26. The number of anilines is 1. The van der Waals surface area contributed by atoms with Gasteiger partial charge in [-0.3, -0.25) is 14.9 Å². The minimum absolute atomic E-state index is 0.181. The first-order valence-electron chi connectivity index (χ1n) is 10.3. The minimum atomic E-state index is -0.323. The smallest absolute Gasteiger partial charge is 0.249 e. The summed E-state index contributed by atoms with van der Waals surface area (Å²) in [4.78, 5) is 25.7. The lowest BCUT2D eigenvalue weighted by molar-refractivity contribution is -0.133. The monoisotopic (exact) mass is 372 g/mol. The molecule has 0 spiro atoms. The molecule has 0 radical (unpaired) electrons. The normalized spacial score (nSPS) is 21.9. The molecule has 4 N–H and O–H groups in total. The molecule has 0 aliphatic carbocycles. The van der Waals surface area contributed by atoms with Gasteiger partial charge in [0.05, 0.1) is 0 Å². The zero-order valence-corrected chi connectivity index (χ0v) is 16.1. The highest BCUT2D eigenvalue weighted by Crippen LogP contribution is 2.29. The summed E-state index contributed by atoms with van der Waals surface area (Å²) in [6.45, 7) is 4.34. The van der Waals surface area contributed by atoms with Gasteiger partial charge in [0.2, 0.25) is 11.8 Å². The number of nitrogens with one attached hydrogen (secondary N) is 2. The van der Waals surface area contributed by atoms with Crippen molar-refractivity contribution in [2.24, 2.45) is 5.73 Å². The van der Waals surface area contributed by atoms with E-state index in [4.69, 9.17) is 5.73 Å². The topological polar surface area (TPSA) is 87.5 Å². The molecule has 1 atom stereocenters. The summed E-state index contributed by atoms with van der Waals surface area (Å²) in [7, 11) is 0. The lowest BCUT2D eigenvalue weighted by Gasteiger charge is -2.32. The van der Waals surface area contributed by atoms with E-state index in [-0.39, 0.29) is 17.9 Å². The first-order chi connectivity index (χ1) is 13.2. The summed E-state index contributed by atoms with van der Waals surface area (Å²) < 4.78 is 0. The van der Waals surface area contributed by atoms with Crippen LogP contribution >= 0.6 is 0 Å². The maximum atomic E-state index is 11.9. The van der Waals surface area contributed by atoms with Crippen LogP contribution in [0.2, 0.25) is 0 Å². The predicted octanol–water partition coefficient (Wildman–Crippen LogP) is 2.21.